The lowest BCUT2D eigenvalue weighted by Gasteiger charge is -2.17. The molecule has 1 saturated heterocycles. The number of aromatic amines is 1. The van der Waals surface area contributed by atoms with Crippen LogP contribution in [0.1, 0.15) is 51.9 Å². The molecule has 13 heteroatoms. The van der Waals surface area contributed by atoms with Gasteiger partial charge in [-0.25, -0.2) is 28.0 Å². The third kappa shape index (κ3) is 4.66. The number of carbonyl (C=O) groups excluding carboxylic acids is 1. The molecule has 0 spiro atoms. The average molecular weight is 624 g/mol. The smallest absolute Gasteiger partial charge is 0.388 e. The zero-order chi connectivity index (χ0) is 31.5. The molecule has 1 atom stereocenters. The number of aromatic nitrogens is 6. The van der Waals surface area contributed by atoms with Crippen molar-refractivity contribution in [2.45, 2.75) is 38.3 Å². The lowest BCUT2D eigenvalue weighted by atomic mass is 9.90. The first-order valence-electron chi connectivity index (χ1n) is 14.8. The maximum absolute atomic E-state index is 14.4. The van der Waals surface area contributed by atoms with Crippen LogP contribution in [0.5, 0.6) is 0 Å². The van der Waals surface area contributed by atoms with Gasteiger partial charge in [0.2, 0.25) is 0 Å². The molecule has 10 nitrogen and oxygen atoms in total. The Balaban J connectivity index is 1.29. The zero-order valence-corrected chi connectivity index (χ0v) is 24.1. The highest BCUT2D eigenvalue weighted by atomic mass is 19.1. The number of hydrogen-bond donors (Lipinski definition) is 1. The van der Waals surface area contributed by atoms with Crippen LogP contribution in [-0.2, 0) is 19.4 Å². The first-order chi connectivity index (χ1) is 22.3. The molecule has 0 radical (unpaired) electrons. The number of nitrogens with zero attached hydrogens (tertiary/aromatic N) is 6. The maximum Gasteiger partial charge on any atom is 0.434 e. The summed E-state index contributed by atoms with van der Waals surface area (Å²) in [4.78, 5) is 41.6. The molecular weight excluding hydrogens is 599 g/mol. The van der Waals surface area contributed by atoms with Crippen molar-refractivity contribution in [3.63, 3.8) is 0 Å². The van der Waals surface area contributed by atoms with Gasteiger partial charge in [0.25, 0.3) is 11.8 Å². The van der Waals surface area contributed by atoms with Crippen LogP contribution < -0.4 is 5.76 Å². The highest BCUT2D eigenvalue weighted by Gasteiger charge is 2.44. The molecule has 6 aromatic rings. The number of H-pyrrole nitrogens is 1. The number of carbonyl (C=O) groups is 1. The molecule has 0 unspecified atom stereocenters. The first-order valence-corrected chi connectivity index (χ1v) is 14.8. The number of fused-ring (bicyclic) bond motifs is 4. The monoisotopic (exact) mass is 623 g/mol. The lowest BCUT2D eigenvalue weighted by Crippen LogP contribution is -2.23. The topological polar surface area (TPSA) is 123 Å². The molecule has 0 bridgehead atoms. The third-order valence-corrected chi connectivity index (χ3v) is 8.65. The largest absolute Gasteiger partial charge is 0.434 e. The summed E-state index contributed by atoms with van der Waals surface area (Å²) in [6, 6.07) is 10.5. The van der Waals surface area contributed by atoms with Gasteiger partial charge in [-0.2, -0.15) is 0 Å². The highest BCUT2D eigenvalue weighted by molar-refractivity contribution is 6.08. The van der Waals surface area contributed by atoms with Crippen LogP contribution in [0.2, 0.25) is 0 Å². The molecule has 2 aliphatic heterocycles. The van der Waals surface area contributed by atoms with E-state index in [1.165, 1.54) is 12.1 Å². The molecule has 8 rings (SSSR count). The second-order valence-electron chi connectivity index (χ2n) is 11.4. The quantitative estimate of drug-likeness (QED) is 0.253. The Kier molecular flexibility index (Phi) is 6.55. The Morgan fingerprint density at radius 2 is 1.76 bits per heavy atom. The standard InChI is InChI=1S/C33H24F3N7O3/c34-20-6-3-17(4-7-20)5-8-23-27(31-40-41-33(45)46-31)26(28-29(39-23)25-2-1-10-43(25)32(28)44)19-12-18-9-11-42(30(18)38-14-19)16-24-22(36)13-21(35)15-37-24/h3-4,6-7,9,11-15,25H,1-2,5,8,10,16H2,(H,41,45)/t25-/m0/s1. The van der Waals surface area contributed by atoms with Crippen LogP contribution in [0.25, 0.3) is 33.6 Å². The second kappa shape index (κ2) is 10.8. The van der Waals surface area contributed by atoms with E-state index in [9.17, 15) is 22.8 Å². The van der Waals surface area contributed by atoms with Gasteiger partial charge in [0.15, 0.2) is 0 Å². The Morgan fingerprint density at radius 1 is 0.913 bits per heavy atom. The maximum atomic E-state index is 14.4. The van der Waals surface area contributed by atoms with Crippen molar-refractivity contribution in [1.29, 1.82) is 0 Å². The summed E-state index contributed by atoms with van der Waals surface area (Å²) in [6.07, 6.45) is 6.82. The van der Waals surface area contributed by atoms with Crippen LogP contribution in [0, 0.1) is 17.5 Å². The minimum Gasteiger partial charge on any atom is -0.388 e. The molecule has 1 N–H and O–H groups in total. The van der Waals surface area contributed by atoms with Crippen molar-refractivity contribution in [1.82, 2.24) is 34.6 Å². The fourth-order valence-corrected chi connectivity index (χ4v) is 6.56. The molecule has 2 aliphatic rings. The van der Waals surface area contributed by atoms with Crippen LogP contribution in [0.4, 0.5) is 13.2 Å². The van der Waals surface area contributed by atoms with Gasteiger partial charge >= 0.3 is 5.76 Å². The van der Waals surface area contributed by atoms with E-state index in [1.807, 2.05) is 11.0 Å². The minimum absolute atomic E-state index is 0.0141. The summed E-state index contributed by atoms with van der Waals surface area (Å²) in [7, 11) is 0. The average Bonchev–Trinajstić information content (AvgIpc) is 3.84. The first kappa shape index (κ1) is 27.9. The van der Waals surface area contributed by atoms with Gasteiger partial charge in [0, 0.05) is 41.5 Å². The number of aryl methyl sites for hydroxylation is 2. The Hall–Kier alpha value is -5.59. The molecule has 1 fully saturated rings. The molecule has 46 heavy (non-hydrogen) atoms. The van der Waals surface area contributed by atoms with E-state index in [1.54, 1.807) is 35.2 Å². The van der Waals surface area contributed by atoms with E-state index in [4.69, 9.17) is 14.4 Å². The SMILES string of the molecule is O=C1c2c(nc(CCc3ccc(F)cc3)c(-c3n[nH]c(=O)o3)c2-c2cnc3c(ccn3Cc3ncc(F)cc3F)c2)[C@@H]2CCCN12. The van der Waals surface area contributed by atoms with Crippen LogP contribution in [-0.4, -0.2) is 47.1 Å². The lowest BCUT2D eigenvalue weighted by molar-refractivity contribution is 0.0776. The van der Waals surface area contributed by atoms with Crippen molar-refractivity contribution >= 4 is 16.9 Å². The van der Waals surface area contributed by atoms with Crippen LogP contribution >= 0.6 is 0 Å². The number of rotatable bonds is 7. The van der Waals surface area contributed by atoms with E-state index >= 15 is 0 Å². The summed E-state index contributed by atoms with van der Waals surface area (Å²) in [5.41, 5.74) is 4.58. The number of halogens is 3. The van der Waals surface area contributed by atoms with Crippen LogP contribution in [0.3, 0.4) is 0 Å². The second-order valence-corrected chi connectivity index (χ2v) is 11.4. The summed E-state index contributed by atoms with van der Waals surface area (Å²) in [5.74, 6) is -2.80. The number of pyridine rings is 3. The van der Waals surface area contributed by atoms with Gasteiger partial charge < -0.3 is 13.9 Å². The molecule has 1 aromatic carbocycles. The number of hydrogen-bond acceptors (Lipinski definition) is 7. The zero-order valence-electron chi connectivity index (χ0n) is 24.1. The predicted molar refractivity (Wildman–Crippen MR) is 159 cm³/mol. The van der Waals surface area contributed by atoms with Gasteiger partial charge in [-0.15, -0.1) is 5.10 Å². The van der Waals surface area contributed by atoms with E-state index in [-0.39, 0.29) is 35.9 Å². The number of amides is 1. The van der Waals surface area contributed by atoms with Crippen molar-refractivity contribution in [2.75, 3.05) is 6.54 Å². The Labute approximate surface area is 258 Å². The molecule has 0 saturated carbocycles. The summed E-state index contributed by atoms with van der Waals surface area (Å²) in [5, 5.41) is 7.15. The predicted octanol–water partition coefficient (Wildman–Crippen LogP) is 5.38. The van der Waals surface area contributed by atoms with E-state index in [0.29, 0.717) is 64.1 Å². The normalized spacial score (nSPS) is 15.6. The molecule has 1 amide bonds. The van der Waals surface area contributed by atoms with E-state index in [0.717, 1.165) is 30.7 Å². The van der Waals surface area contributed by atoms with Gasteiger partial charge in [0.05, 0.1) is 47.0 Å². The number of benzene rings is 1. The summed E-state index contributed by atoms with van der Waals surface area (Å²) >= 11 is 0. The summed E-state index contributed by atoms with van der Waals surface area (Å²) < 4.78 is 48.6. The molecule has 7 heterocycles. The molecule has 230 valence electrons. The molecule has 5 aromatic heterocycles. The molecular formula is C33H24F3N7O3. The highest BCUT2D eigenvalue weighted by Crippen LogP contribution is 2.47. The van der Waals surface area contributed by atoms with Crippen molar-refractivity contribution in [2.24, 2.45) is 0 Å². The van der Waals surface area contributed by atoms with E-state index < -0.39 is 17.4 Å². The number of nitrogens with one attached hydrogen (secondary N) is 1. The Morgan fingerprint density at radius 3 is 2.54 bits per heavy atom. The van der Waals surface area contributed by atoms with E-state index in [2.05, 4.69) is 15.2 Å². The van der Waals surface area contributed by atoms with Gasteiger partial charge in [-0.05, 0) is 55.5 Å². The Bertz CT molecular complexity index is 2220. The summed E-state index contributed by atoms with van der Waals surface area (Å²) in [6.45, 7) is 0.629. The van der Waals surface area contributed by atoms with Gasteiger partial charge in [0.1, 0.15) is 23.1 Å². The van der Waals surface area contributed by atoms with Gasteiger partial charge in [-0.3, -0.25) is 14.8 Å². The molecule has 0 aliphatic carbocycles. The van der Waals surface area contributed by atoms with Crippen molar-refractivity contribution in [3.8, 4) is 22.6 Å². The minimum atomic E-state index is -0.762. The van der Waals surface area contributed by atoms with Crippen molar-refractivity contribution in [3.05, 3.63) is 117 Å². The van der Waals surface area contributed by atoms with Gasteiger partial charge in [-0.1, -0.05) is 12.1 Å². The fourth-order valence-electron chi connectivity index (χ4n) is 6.56. The third-order valence-electron chi connectivity index (χ3n) is 8.65. The fraction of sp³-hybridized carbons (Fsp3) is 0.212. The van der Waals surface area contributed by atoms with Crippen LogP contribution in [0.15, 0.2) is 70.3 Å². The van der Waals surface area contributed by atoms with Crippen molar-refractivity contribution < 1.29 is 22.4 Å².